The standard InChI is InChI=1S/C25H33F2N7O2/c1-2-15-7-9-16(10-8-15)34-14-19(22(32-34)23(26)27)30-25(36)17-13-28-33-12-11-21(31-24(17)33)29-18-5-3-4-6-20(18)35/h11-16,18,20,23,35H,2-10H2,1H3,(H,29,31)(H,30,36)/t15?,16?,18-,20-/m1/s1. The molecule has 11 heteroatoms. The molecule has 2 aliphatic rings. The molecule has 36 heavy (non-hydrogen) atoms. The van der Waals surface area contributed by atoms with Gasteiger partial charge in [-0.1, -0.05) is 26.2 Å². The molecule has 0 aromatic carbocycles. The fourth-order valence-corrected chi connectivity index (χ4v) is 5.44. The minimum absolute atomic E-state index is 0.00609. The quantitative estimate of drug-likeness (QED) is 0.422. The molecule has 1 amide bonds. The molecule has 5 rings (SSSR count). The Balaban J connectivity index is 1.35. The maximum Gasteiger partial charge on any atom is 0.284 e. The van der Waals surface area contributed by atoms with Crippen LogP contribution in [0, 0.1) is 5.92 Å². The van der Waals surface area contributed by atoms with Gasteiger partial charge in [0.1, 0.15) is 11.4 Å². The summed E-state index contributed by atoms with van der Waals surface area (Å²) < 4.78 is 30.6. The molecule has 3 aromatic rings. The first-order chi connectivity index (χ1) is 17.4. The molecular weight excluding hydrogens is 468 g/mol. The third-order valence-corrected chi connectivity index (χ3v) is 7.66. The number of aromatic nitrogens is 5. The second kappa shape index (κ2) is 10.5. The van der Waals surface area contributed by atoms with Crippen molar-refractivity contribution in [3.05, 3.63) is 35.9 Å². The van der Waals surface area contributed by atoms with Gasteiger partial charge in [-0.25, -0.2) is 18.3 Å². The molecule has 3 aromatic heterocycles. The second-order valence-electron chi connectivity index (χ2n) is 9.99. The molecule has 0 saturated heterocycles. The number of nitrogens with one attached hydrogen (secondary N) is 2. The average molecular weight is 502 g/mol. The summed E-state index contributed by atoms with van der Waals surface area (Å²) in [6.45, 7) is 2.18. The van der Waals surface area contributed by atoms with Crippen LogP contribution in [0.5, 0.6) is 0 Å². The van der Waals surface area contributed by atoms with Crippen molar-refractivity contribution in [3.63, 3.8) is 0 Å². The van der Waals surface area contributed by atoms with Crippen LogP contribution >= 0.6 is 0 Å². The van der Waals surface area contributed by atoms with E-state index in [0.29, 0.717) is 17.4 Å². The Morgan fingerprint density at radius 2 is 1.97 bits per heavy atom. The van der Waals surface area contributed by atoms with Gasteiger partial charge in [-0.3, -0.25) is 9.48 Å². The van der Waals surface area contributed by atoms with Crippen LogP contribution in [-0.4, -0.2) is 47.5 Å². The van der Waals surface area contributed by atoms with E-state index in [9.17, 15) is 18.7 Å². The van der Waals surface area contributed by atoms with Gasteiger partial charge < -0.3 is 15.7 Å². The smallest absolute Gasteiger partial charge is 0.284 e. The molecule has 0 radical (unpaired) electrons. The summed E-state index contributed by atoms with van der Waals surface area (Å²) in [4.78, 5) is 17.7. The second-order valence-corrected chi connectivity index (χ2v) is 9.99. The maximum absolute atomic E-state index is 13.8. The number of nitrogens with zero attached hydrogens (tertiary/aromatic N) is 5. The van der Waals surface area contributed by atoms with Crippen LogP contribution in [0.25, 0.3) is 5.65 Å². The summed E-state index contributed by atoms with van der Waals surface area (Å²) in [6.07, 6.45) is 9.90. The molecule has 194 valence electrons. The summed E-state index contributed by atoms with van der Waals surface area (Å²) in [6, 6.07) is 1.67. The Labute approximate surface area is 208 Å². The van der Waals surface area contributed by atoms with E-state index in [1.807, 2.05) is 0 Å². The zero-order valence-corrected chi connectivity index (χ0v) is 20.4. The number of alkyl halides is 2. The van der Waals surface area contributed by atoms with Gasteiger partial charge in [0, 0.05) is 12.4 Å². The monoisotopic (exact) mass is 501 g/mol. The predicted octanol–water partition coefficient (Wildman–Crippen LogP) is 4.97. The van der Waals surface area contributed by atoms with Crippen LogP contribution in [0.15, 0.2) is 24.7 Å². The van der Waals surface area contributed by atoms with Gasteiger partial charge in [0.25, 0.3) is 12.3 Å². The maximum atomic E-state index is 13.8. The highest BCUT2D eigenvalue weighted by Gasteiger charge is 2.27. The lowest BCUT2D eigenvalue weighted by Gasteiger charge is -2.28. The van der Waals surface area contributed by atoms with Gasteiger partial charge in [-0.15, -0.1) is 0 Å². The number of halogens is 2. The fraction of sp³-hybridized carbons (Fsp3) is 0.600. The highest BCUT2D eigenvalue weighted by Crippen LogP contribution is 2.36. The Bertz CT molecular complexity index is 1200. The highest BCUT2D eigenvalue weighted by molar-refractivity contribution is 6.08. The van der Waals surface area contributed by atoms with Crippen molar-refractivity contribution < 1.29 is 18.7 Å². The first kappa shape index (κ1) is 24.6. The Kier molecular flexibility index (Phi) is 7.17. The van der Waals surface area contributed by atoms with Gasteiger partial charge in [0.15, 0.2) is 11.3 Å². The number of aliphatic hydroxyl groups is 1. The molecule has 0 spiro atoms. The molecule has 0 aliphatic heterocycles. The molecule has 0 unspecified atom stereocenters. The molecule has 3 heterocycles. The summed E-state index contributed by atoms with van der Waals surface area (Å²) in [5.74, 6) is 0.615. The van der Waals surface area contributed by atoms with Crippen molar-refractivity contribution >= 4 is 23.1 Å². The van der Waals surface area contributed by atoms with E-state index in [-0.39, 0.29) is 23.3 Å². The largest absolute Gasteiger partial charge is 0.391 e. The van der Waals surface area contributed by atoms with Crippen molar-refractivity contribution in [1.82, 2.24) is 24.4 Å². The molecule has 0 bridgehead atoms. The SMILES string of the molecule is CCC1CCC(n2cc(NC(=O)c3cnn4ccc(N[C@@H]5CCCC[C@H]5O)nc34)c(C(F)F)n2)CC1. The molecule has 2 fully saturated rings. The number of hydrogen-bond donors (Lipinski definition) is 3. The van der Waals surface area contributed by atoms with E-state index in [2.05, 4.69) is 32.7 Å². The highest BCUT2D eigenvalue weighted by atomic mass is 19.3. The lowest BCUT2D eigenvalue weighted by molar-refractivity contribution is 0.102. The Hall–Kier alpha value is -3.08. The minimum Gasteiger partial charge on any atom is -0.391 e. The number of hydrogen-bond acceptors (Lipinski definition) is 6. The molecular formula is C25H33F2N7O2. The Morgan fingerprint density at radius 1 is 1.19 bits per heavy atom. The van der Waals surface area contributed by atoms with E-state index in [1.54, 1.807) is 16.9 Å². The van der Waals surface area contributed by atoms with Crippen LogP contribution in [0.4, 0.5) is 20.3 Å². The van der Waals surface area contributed by atoms with E-state index in [4.69, 9.17) is 0 Å². The number of rotatable bonds is 7. The van der Waals surface area contributed by atoms with Crippen molar-refractivity contribution in [2.75, 3.05) is 10.6 Å². The third-order valence-electron chi connectivity index (χ3n) is 7.66. The molecule has 2 aliphatic carbocycles. The zero-order chi connectivity index (χ0) is 25.2. The van der Waals surface area contributed by atoms with Gasteiger partial charge in [-0.2, -0.15) is 10.2 Å². The van der Waals surface area contributed by atoms with E-state index in [1.165, 1.54) is 16.9 Å². The van der Waals surface area contributed by atoms with Crippen molar-refractivity contribution in [1.29, 1.82) is 0 Å². The van der Waals surface area contributed by atoms with E-state index < -0.39 is 24.1 Å². The number of carbonyl (C=O) groups is 1. The normalized spacial score (nSPS) is 24.8. The number of aliphatic hydroxyl groups excluding tert-OH is 1. The summed E-state index contributed by atoms with van der Waals surface area (Å²) in [5.41, 5.74) is 0.0385. The molecule has 2 saturated carbocycles. The Morgan fingerprint density at radius 3 is 2.69 bits per heavy atom. The van der Waals surface area contributed by atoms with Gasteiger partial charge in [0.2, 0.25) is 0 Å². The van der Waals surface area contributed by atoms with E-state index >= 15 is 0 Å². The van der Waals surface area contributed by atoms with Gasteiger partial charge in [0.05, 0.1) is 30.1 Å². The predicted molar refractivity (Wildman–Crippen MR) is 131 cm³/mol. The third kappa shape index (κ3) is 5.07. The number of anilines is 2. The van der Waals surface area contributed by atoms with Gasteiger partial charge in [-0.05, 0) is 50.5 Å². The minimum atomic E-state index is -2.81. The average Bonchev–Trinajstić information content (AvgIpc) is 3.50. The first-order valence-corrected chi connectivity index (χ1v) is 12.9. The van der Waals surface area contributed by atoms with Crippen LogP contribution < -0.4 is 10.6 Å². The van der Waals surface area contributed by atoms with Crippen molar-refractivity contribution in [3.8, 4) is 0 Å². The fourth-order valence-electron chi connectivity index (χ4n) is 5.44. The topological polar surface area (TPSA) is 109 Å². The van der Waals surface area contributed by atoms with Gasteiger partial charge >= 0.3 is 0 Å². The van der Waals surface area contributed by atoms with Crippen molar-refractivity contribution in [2.24, 2.45) is 5.92 Å². The first-order valence-electron chi connectivity index (χ1n) is 12.9. The van der Waals surface area contributed by atoms with Crippen LogP contribution in [0.2, 0.25) is 0 Å². The molecule has 3 N–H and O–H groups in total. The number of carbonyl (C=O) groups excluding carboxylic acids is 1. The number of amides is 1. The molecule has 2 atom stereocenters. The summed E-state index contributed by atoms with van der Waals surface area (Å²) in [7, 11) is 0. The lowest BCUT2D eigenvalue weighted by atomic mass is 9.85. The van der Waals surface area contributed by atoms with Crippen LogP contribution in [0.1, 0.15) is 93.2 Å². The van der Waals surface area contributed by atoms with Crippen molar-refractivity contribution in [2.45, 2.75) is 89.3 Å². The summed E-state index contributed by atoms with van der Waals surface area (Å²) in [5, 5.41) is 24.5. The lowest BCUT2D eigenvalue weighted by Crippen LogP contribution is -2.36. The zero-order valence-electron chi connectivity index (χ0n) is 20.4. The van der Waals surface area contributed by atoms with E-state index in [0.717, 1.165) is 57.8 Å². The van der Waals surface area contributed by atoms with Crippen LogP contribution in [0.3, 0.4) is 0 Å². The number of fused-ring (bicyclic) bond motifs is 1. The summed E-state index contributed by atoms with van der Waals surface area (Å²) >= 11 is 0. The molecule has 9 nitrogen and oxygen atoms in total. The van der Waals surface area contributed by atoms with Crippen LogP contribution in [-0.2, 0) is 0 Å².